The van der Waals surface area contributed by atoms with Crippen molar-refractivity contribution in [2.24, 2.45) is 17.8 Å². The van der Waals surface area contributed by atoms with Gasteiger partial charge in [0.15, 0.2) is 0 Å². The molecule has 0 aliphatic carbocycles. The van der Waals surface area contributed by atoms with Gasteiger partial charge in [-0.1, -0.05) is 83.1 Å². The molecule has 1 aromatic heterocycles. The first-order valence-corrected chi connectivity index (χ1v) is 10.8. The Bertz CT molecular complexity index is 533. The fourth-order valence-electron chi connectivity index (χ4n) is 1.31. The second kappa shape index (κ2) is 18.4. The number of hydrogen-bond donors (Lipinski definition) is 3. The van der Waals surface area contributed by atoms with Gasteiger partial charge in [0.25, 0.3) is 0 Å². The minimum atomic E-state index is -0.288. The number of hydrogen-bond acceptors (Lipinski definition) is 6. The summed E-state index contributed by atoms with van der Waals surface area (Å²) in [6, 6.07) is 0. The summed E-state index contributed by atoms with van der Waals surface area (Å²) >= 11 is 0. The lowest BCUT2D eigenvalue weighted by molar-refractivity contribution is -0.119. The Morgan fingerprint density at radius 2 is 0.667 bits per heavy atom. The molecule has 9 heteroatoms. The molecule has 1 heterocycles. The lowest BCUT2D eigenvalue weighted by Crippen LogP contribution is -2.25. The van der Waals surface area contributed by atoms with Crippen molar-refractivity contribution < 1.29 is 14.4 Å². The number of nitrogens with one attached hydrogen (secondary N) is 3. The summed E-state index contributed by atoms with van der Waals surface area (Å²) in [5.74, 6) is -1.81. The molecular weight excluding hydrogens is 384 g/mol. The second-order valence-electron chi connectivity index (χ2n) is 6.24. The topological polar surface area (TPSA) is 126 Å². The third-order valence-electron chi connectivity index (χ3n) is 2.91. The minimum Gasteiger partial charge on any atom is -0.294 e. The molecule has 0 atom stereocenters. The van der Waals surface area contributed by atoms with E-state index in [1.165, 1.54) is 0 Å². The van der Waals surface area contributed by atoms with Gasteiger partial charge in [-0.05, 0) is 0 Å². The Labute approximate surface area is 182 Å². The highest BCUT2D eigenvalue weighted by Crippen LogP contribution is 2.12. The number of rotatable bonds is 6. The number of nitrogens with zero attached hydrogens (tertiary/aromatic N) is 3. The molecule has 0 aliphatic heterocycles. The average Bonchev–Trinajstić information content (AvgIpc) is 2.72. The lowest BCUT2D eigenvalue weighted by Gasteiger charge is -2.12. The summed E-state index contributed by atoms with van der Waals surface area (Å²) in [6.45, 7) is 22.3. The molecule has 9 nitrogen and oxygen atoms in total. The second-order valence-corrected chi connectivity index (χ2v) is 6.24. The van der Waals surface area contributed by atoms with Crippen molar-refractivity contribution in [1.29, 1.82) is 0 Å². The molecule has 0 bridgehead atoms. The van der Waals surface area contributed by atoms with Crippen LogP contribution in [0.1, 0.15) is 83.1 Å². The van der Waals surface area contributed by atoms with Gasteiger partial charge in [0, 0.05) is 17.8 Å². The SMILES string of the molecule is CC.CC.CC.CC(C)C(=O)Nc1nc(NC(=O)C(C)C)nc(NC(=O)C(C)C)n1. The highest BCUT2D eigenvalue weighted by atomic mass is 16.2. The monoisotopic (exact) mass is 426 g/mol. The van der Waals surface area contributed by atoms with Crippen LogP contribution < -0.4 is 16.0 Å². The predicted octanol–water partition coefficient (Wildman–Crippen LogP) is 4.73. The molecule has 3 N–H and O–H groups in total. The molecule has 0 spiro atoms. The van der Waals surface area contributed by atoms with Gasteiger partial charge in [0.1, 0.15) is 0 Å². The predicted molar refractivity (Wildman–Crippen MR) is 124 cm³/mol. The van der Waals surface area contributed by atoms with E-state index >= 15 is 0 Å². The van der Waals surface area contributed by atoms with Gasteiger partial charge in [-0.3, -0.25) is 30.3 Å². The van der Waals surface area contributed by atoms with Crippen LogP contribution in [-0.2, 0) is 14.4 Å². The van der Waals surface area contributed by atoms with E-state index < -0.39 is 0 Å². The Balaban J connectivity index is -0.00000111. The van der Waals surface area contributed by atoms with Gasteiger partial charge in [-0.15, -0.1) is 0 Å². The fourth-order valence-corrected chi connectivity index (χ4v) is 1.31. The van der Waals surface area contributed by atoms with Crippen LogP contribution in [0.15, 0.2) is 0 Å². The summed E-state index contributed by atoms with van der Waals surface area (Å²) in [6.07, 6.45) is 0. The van der Waals surface area contributed by atoms with Gasteiger partial charge in [-0.25, -0.2) is 0 Å². The molecule has 0 saturated heterocycles. The van der Waals surface area contributed by atoms with E-state index in [1.807, 2.05) is 41.5 Å². The van der Waals surface area contributed by atoms with E-state index in [0.717, 1.165) is 0 Å². The van der Waals surface area contributed by atoms with Crippen molar-refractivity contribution in [3.05, 3.63) is 0 Å². The average molecular weight is 427 g/mol. The Morgan fingerprint density at radius 1 is 0.500 bits per heavy atom. The molecular formula is C21H42N6O3. The molecule has 1 aromatic rings. The molecule has 0 unspecified atom stereocenters. The van der Waals surface area contributed by atoms with Crippen LogP contribution >= 0.6 is 0 Å². The van der Waals surface area contributed by atoms with Crippen molar-refractivity contribution in [3.63, 3.8) is 0 Å². The maximum atomic E-state index is 11.8. The summed E-state index contributed by atoms with van der Waals surface area (Å²) in [7, 11) is 0. The quantitative estimate of drug-likeness (QED) is 0.603. The molecule has 0 aliphatic rings. The lowest BCUT2D eigenvalue weighted by atomic mass is 10.2. The highest BCUT2D eigenvalue weighted by Gasteiger charge is 2.16. The Kier molecular flexibility index (Phi) is 19.7. The van der Waals surface area contributed by atoms with Crippen LogP contribution in [0.5, 0.6) is 0 Å². The molecule has 0 saturated carbocycles. The number of amides is 3. The van der Waals surface area contributed by atoms with Gasteiger partial charge in [0.2, 0.25) is 35.6 Å². The van der Waals surface area contributed by atoms with Crippen molar-refractivity contribution >= 4 is 35.6 Å². The van der Waals surface area contributed by atoms with Crippen molar-refractivity contribution in [2.45, 2.75) is 83.1 Å². The van der Waals surface area contributed by atoms with Crippen LogP contribution in [0.3, 0.4) is 0 Å². The Morgan fingerprint density at radius 3 is 0.800 bits per heavy atom. The zero-order valence-corrected chi connectivity index (χ0v) is 20.8. The van der Waals surface area contributed by atoms with E-state index in [9.17, 15) is 14.4 Å². The first kappa shape index (κ1) is 32.1. The Hall–Kier alpha value is -2.58. The van der Waals surface area contributed by atoms with Gasteiger partial charge < -0.3 is 0 Å². The number of anilines is 3. The first-order valence-electron chi connectivity index (χ1n) is 10.8. The van der Waals surface area contributed by atoms with Crippen molar-refractivity contribution in [3.8, 4) is 0 Å². The number of aromatic nitrogens is 3. The van der Waals surface area contributed by atoms with Crippen LogP contribution in [0.25, 0.3) is 0 Å². The number of carbonyl (C=O) groups excluding carboxylic acids is 3. The van der Waals surface area contributed by atoms with Crippen molar-refractivity contribution in [2.75, 3.05) is 16.0 Å². The van der Waals surface area contributed by atoms with E-state index in [4.69, 9.17) is 0 Å². The summed E-state index contributed by atoms with van der Waals surface area (Å²) < 4.78 is 0. The third-order valence-corrected chi connectivity index (χ3v) is 2.91. The minimum absolute atomic E-state index is 0.0400. The molecule has 1 rings (SSSR count). The maximum Gasteiger partial charge on any atom is 0.236 e. The van der Waals surface area contributed by atoms with E-state index in [2.05, 4.69) is 30.9 Å². The van der Waals surface area contributed by atoms with Crippen LogP contribution in [-0.4, -0.2) is 32.7 Å². The summed E-state index contributed by atoms with van der Waals surface area (Å²) in [5.41, 5.74) is 0. The molecule has 0 aromatic carbocycles. The van der Waals surface area contributed by atoms with Crippen LogP contribution in [0.2, 0.25) is 0 Å². The molecule has 0 radical (unpaired) electrons. The van der Waals surface area contributed by atoms with Crippen LogP contribution in [0.4, 0.5) is 17.8 Å². The number of carbonyl (C=O) groups is 3. The van der Waals surface area contributed by atoms with Crippen LogP contribution in [0, 0.1) is 17.8 Å². The third kappa shape index (κ3) is 13.6. The molecule has 30 heavy (non-hydrogen) atoms. The standard InChI is InChI=1S/C15H24N6O3.3C2H6/c1-7(2)10(22)16-13-19-14(17-11(23)8(3)4)21-15(20-13)18-12(24)9(5)6;3*1-2/h7-9H,1-6H3,(H3,16,17,18,19,20,21,22,23,24);3*1-2H3. The molecule has 174 valence electrons. The summed E-state index contributed by atoms with van der Waals surface area (Å²) in [4.78, 5) is 47.4. The normalized spacial score (nSPS) is 9.30. The zero-order valence-electron chi connectivity index (χ0n) is 20.8. The van der Waals surface area contributed by atoms with E-state index in [1.54, 1.807) is 41.5 Å². The van der Waals surface area contributed by atoms with Crippen molar-refractivity contribution in [1.82, 2.24) is 15.0 Å². The fraction of sp³-hybridized carbons (Fsp3) is 0.714. The maximum absolute atomic E-state index is 11.8. The largest absolute Gasteiger partial charge is 0.294 e. The first-order chi connectivity index (χ1) is 14.1. The van der Waals surface area contributed by atoms with Gasteiger partial charge in [-0.2, -0.15) is 15.0 Å². The highest BCUT2D eigenvalue weighted by molar-refractivity contribution is 5.94. The van der Waals surface area contributed by atoms with Gasteiger partial charge in [0.05, 0.1) is 0 Å². The smallest absolute Gasteiger partial charge is 0.236 e. The zero-order chi connectivity index (χ0) is 24.4. The molecule has 3 amide bonds. The van der Waals surface area contributed by atoms with E-state index in [0.29, 0.717) is 0 Å². The van der Waals surface area contributed by atoms with E-state index in [-0.39, 0.29) is 53.3 Å². The van der Waals surface area contributed by atoms with Gasteiger partial charge >= 0.3 is 0 Å². The summed E-state index contributed by atoms with van der Waals surface area (Å²) in [5, 5.41) is 7.57. The molecule has 0 fully saturated rings.